The maximum absolute atomic E-state index is 12.1. The minimum absolute atomic E-state index is 0.0697. The molecule has 0 aliphatic rings. The van der Waals surface area contributed by atoms with Gasteiger partial charge in [0.05, 0.1) is 6.54 Å². The number of carbonyl (C=O) groups is 1. The van der Waals surface area contributed by atoms with Gasteiger partial charge in [0.1, 0.15) is 5.82 Å². The normalized spacial score (nSPS) is 10.3. The van der Waals surface area contributed by atoms with Crippen molar-refractivity contribution in [3.8, 4) is 0 Å². The second-order valence-corrected chi connectivity index (χ2v) is 5.57. The first-order chi connectivity index (χ1) is 9.70. The minimum atomic E-state index is -0.0697. The number of rotatable bonds is 6. The van der Waals surface area contributed by atoms with Crippen LogP contribution in [-0.4, -0.2) is 17.4 Å². The van der Waals surface area contributed by atoms with Gasteiger partial charge in [-0.15, -0.1) is 11.3 Å². The summed E-state index contributed by atoms with van der Waals surface area (Å²) >= 11 is 1.66. The quantitative estimate of drug-likeness (QED) is 0.858. The molecule has 0 saturated heterocycles. The van der Waals surface area contributed by atoms with Gasteiger partial charge in [0.2, 0.25) is 0 Å². The second-order valence-electron chi connectivity index (χ2n) is 4.57. The number of nitrogens with one attached hydrogen (secondary N) is 2. The van der Waals surface area contributed by atoms with Gasteiger partial charge in [-0.2, -0.15) is 0 Å². The van der Waals surface area contributed by atoms with Crippen LogP contribution in [0.1, 0.15) is 34.1 Å². The Morgan fingerprint density at radius 1 is 1.40 bits per heavy atom. The second kappa shape index (κ2) is 7.05. The number of aromatic nitrogens is 1. The largest absolute Gasteiger partial charge is 0.370 e. The summed E-state index contributed by atoms with van der Waals surface area (Å²) in [6, 6.07) is 5.57. The fourth-order valence-corrected chi connectivity index (χ4v) is 2.62. The van der Waals surface area contributed by atoms with Gasteiger partial charge >= 0.3 is 0 Å². The van der Waals surface area contributed by atoms with Crippen LogP contribution in [0.4, 0.5) is 5.82 Å². The monoisotopic (exact) mass is 289 g/mol. The lowest BCUT2D eigenvalue weighted by Crippen LogP contribution is -2.22. The highest BCUT2D eigenvalue weighted by Gasteiger charge is 2.08. The number of pyridine rings is 1. The molecule has 20 heavy (non-hydrogen) atoms. The third-order valence-corrected chi connectivity index (χ3v) is 3.98. The number of thiophene rings is 1. The summed E-state index contributed by atoms with van der Waals surface area (Å²) in [6.07, 6.45) is 2.68. The van der Waals surface area contributed by atoms with Crippen LogP contribution in [0.3, 0.4) is 0 Å². The van der Waals surface area contributed by atoms with Gasteiger partial charge in [-0.05, 0) is 42.5 Å². The molecule has 0 radical (unpaired) electrons. The Balaban J connectivity index is 1.96. The van der Waals surface area contributed by atoms with E-state index in [1.165, 1.54) is 10.4 Å². The van der Waals surface area contributed by atoms with E-state index in [-0.39, 0.29) is 5.91 Å². The summed E-state index contributed by atoms with van der Waals surface area (Å²) in [5, 5.41) is 8.16. The third-order valence-electron chi connectivity index (χ3n) is 2.96. The summed E-state index contributed by atoms with van der Waals surface area (Å²) in [5.41, 5.74) is 1.85. The van der Waals surface area contributed by atoms with Crippen molar-refractivity contribution < 1.29 is 4.79 Å². The van der Waals surface area contributed by atoms with Crippen molar-refractivity contribution in [2.75, 3.05) is 11.9 Å². The minimum Gasteiger partial charge on any atom is -0.370 e. The summed E-state index contributed by atoms with van der Waals surface area (Å²) < 4.78 is 0. The van der Waals surface area contributed by atoms with Crippen molar-refractivity contribution in [2.24, 2.45) is 0 Å². The Bertz CT molecular complexity index is 580. The number of hydrogen-bond donors (Lipinski definition) is 2. The first-order valence-electron chi connectivity index (χ1n) is 6.71. The molecule has 0 unspecified atom stereocenters. The molecular weight excluding hydrogens is 270 g/mol. The van der Waals surface area contributed by atoms with Gasteiger partial charge in [0, 0.05) is 23.2 Å². The Morgan fingerprint density at radius 2 is 2.25 bits per heavy atom. The molecule has 2 heterocycles. The molecule has 0 spiro atoms. The van der Waals surface area contributed by atoms with Crippen LogP contribution in [0.15, 0.2) is 29.8 Å². The zero-order valence-electron chi connectivity index (χ0n) is 11.8. The molecule has 0 aliphatic heterocycles. The van der Waals surface area contributed by atoms with E-state index in [0.29, 0.717) is 12.1 Å². The molecule has 2 aromatic rings. The topological polar surface area (TPSA) is 54.0 Å². The molecule has 2 aromatic heterocycles. The van der Waals surface area contributed by atoms with Crippen LogP contribution in [0.2, 0.25) is 0 Å². The average molecular weight is 289 g/mol. The van der Waals surface area contributed by atoms with Crippen LogP contribution in [0, 0.1) is 6.92 Å². The van der Waals surface area contributed by atoms with E-state index in [4.69, 9.17) is 0 Å². The SMILES string of the molecule is CCCNc1cc(C(=O)NCc2sccc2C)ccn1. The van der Waals surface area contributed by atoms with Gasteiger partial charge in [-0.25, -0.2) is 4.98 Å². The number of aryl methyl sites for hydroxylation is 1. The summed E-state index contributed by atoms with van der Waals surface area (Å²) in [6.45, 7) is 5.57. The molecule has 2 N–H and O–H groups in total. The van der Waals surface area contributed by atoms with Crippen LogP contribution in [0.5, 0.6) is 0 Å². The number of amides is 1. The van der Waals surface area contributed by atoms with Crippen LogP contribution in [-0.2, 0) is 6.54 Å². The van der Waals surface area contributed by atoms with Gasteiger partial charge < -0.3 is 10.6 Å². The number of hydrogen-bond acceptors (Lipinski definition) is 4. The molecule has 0 atom stereocenters. The molecule has 0 bridgehead atoms. The molecule has 0 aliphatic carbocycles. The third kappa shape index (κ3) is 3.81. The zero-order chi connectivity index (χ0) is 14.4. The Morgan fingerprint density at radius 3 is 2.95 bits per heavy atom. The number of nitrogens with zero attached hydrogens (tertiary/aromatic N) is 1. The standard InChI is InChI=1S/C15H19N3OS/c1-3-6-16-14-9-12(4-7-17-14)15(19)18-10-13-11(2)5-8-20-13/h4-5,7-9H,3,6,10H2,1-2H3,(H,16,17)(H,18,19). The predicted octanol–water partition coefficient (Wildman–Crippen LogP) is 3.20. The van der Waals surface area contributed by atoms with E-state index in [2.05, 4.69) is 35.5 Å². The van der Waals surface area contributed by atoms with E-state index in [0.717, 1.165) is 18.8 Å². The van der Waals surface area contributed by atoms with Gasteiger partial charge in [-0.3, -0.25) is 4.79 Å². The highest BCUT2D eigenvalue weighted by atomic mass is 32.1. The molecule has 4 nitrogen and oxygen atoms in total. The summed E-state index contributed by atoms with van der Waals surface area (Å²) in [7, 11) is 0. The number of carbonyl (C=O) groups excluding carboxylic acids is 1. The first kappa shape index (κ1) is 14.5. The molecule has 2 rings (SSSR count). The lowest BCUT2D eigenvalue weighted by molar-refractivity contribution is 0.0951. The molecule has 1 amide bonds. The molecule has 0 saturated carbocycles. The van der Waals surface area contributed by atoms with Gasteiger partial charge in [0.15, 0.2) is 0 Å². The Hall–Kier alpha value is -1.88. The van der Waals surface area contributed by atoms with E-state index >= 15 is 0 Å². The van der Waals surface area contributed by atoms with Crippen molar-refractivity contribution in [1.29, 1.82) is 0 Å². The van der Waals surface area contributed by atoms with Crippen LogP contribution < -0.4 is 10.6 Å². The van der Waals surface area contributed by atoms with E-state index < -0.39 is 0 Å². The molecular formula is C15H19N3OS. The Labute approximate surface area is 123 Å². The van der Waals surface area contributed by atoms with Gasteiger partial charge in [-0.1, -0.05) is 6.92 Å². The maximum atomic E-state index is 12.1. The zero-order valence-corrected chi connectivity index (χ0v) is 12.6. The van der Waals surface area contributed by atoms with Crippen molar-refractivity contribution in [2.45, 2.75) is 26.8 Å². The lowest BCUT2D eigenvalue weighted by Gasteiger charge is -2.07. The highest BCUT2D eigenvalue weighted by Crippen LogP contribution is 2.15. The smallest absolute Gasteiger partial charge is 0.251 e. The average Bonchev–Trinajstić information content (AvgIpc) is 2.88. The van der Waals surface area contributed by atoms with Crippen molar-refractivity contribution in [3.05, 3.63) is 45.8 Å². The first-order valence-corrected chi connectivity index (χ1v) is 7.59. The fourth-order valence-electron chi connectivity index (χ4n) is 1.77. The van der Waals surface area contributed by atoms with Crippen molar-refractivity contribution in [1.82, 2.24) is 10.3 Å². The summed E-state index contributed by atoms with van der Waals surface area (Å²) in [5.74, 6) is 0.673. The maximum Gasteiger partial charge on any atom is 0.251 e. The predicted molar refractivity (Wildman–Crippen MR) is 83.2 cm³/mol. The van der Waals surface area contributed by atoms with Crippen LogP contribution >= 0.6 is 11.3 Å². The van der Waals surface area contributed by atoms with Crippen molar-refractivity contribution in [3.63, 3.8) is 0 Å². The van der Waals surface area contributed by atoms with E-state index in [1.54, 1.807) is 29.7 Å². The number of anilines is 1. The van der Waals surface area contributed by atoms with E-state index in [9.17, 15) is 4.79 Å². The molecule has 5 heteroatoms. The molecule has 0 fully saturated rings. The fraction of sp³-hybridized carbons (Fsp3) is 0.333. The van der Waals surface area contributed by atoms with Gasteiger partial charge in [0.25, 0.3) is 5.91 Å². The molecule has 106 valence electrons. The van der Waals surface area contributed by atoms with Crippen molar-refractivity contribution >= 4 is 23.1 Å². The van der Waals surface area contributed by atoms with E-state index in [1.807, 2.05) is 5.38 Å². The van der Waals surface area contributed by atoms with Crippen LogP contribution in [0.25, 0.3) is 0 Å². The molecule has 0 aromatic carbocycles. The lowest BCUT2D eigenvalue weighted by atomic mass is 10.2. The summed E-state index contributed by atoms with van der Waals surface area (Å²) in [4.78, 5) is 17.5. The Kier molecular flexibility index (Phi) is 5.12. The highest BCUT2D eigenvalue weighted by molar-refractivity contribution is 7.10.